The molecule has 0 aromatic heterocycles. The fourth-order valence-corrected chi connectivity index (χ4v) is 3.43. The van der Waals surface area contributed by atoms with Gasteiger partial charge in [0.25, 0.3) is 0 Å². The van der Waals surface area contributed by atoms with Gasteiger partial charge in [-0.05, 0) is 5.56 Å². The first-order valence-electron chi connectivity index (χ1n) is 5.28. The monoisotopic (exact) mass is 272 g/mol. The van der Waals surface area contributed by atoms with E-state index in [9.17, 15) is 13.2 Å². The van der Waals surface area contributed by atoms with Crippen LogP contribution < -0.4 is 0 Å². The van der Waals surface area contributed by atoms with E-state index in [-0.39, 0.29) is 11.5 Å². The lowest BCUT2D eigenvalue weighted by Crippen LogP contribution is -2.09. The van der Waals surface area contributed by atoms with Crippen molar-refractivity contribution in [3.05, 3.63) is 35.9 Å². The maximum absolute atomic E-state index is 11.6. The van der Waals surface area contributed by atoms with Gasteiger partial charge in [-0.3, -0.25) is 4.79 Å². The third-order valence-electron chi connectivity index (χ3n) is 2.11. The highest BCUT2D eigenvalue weighted by Gasteiger charge is 2.06. The molecule has 5 heteroatoms. The van der Waals surface area contributed by atoms with Gasteiger partial charge in [-0.25, -0.2) is 8.42 Å². The lowest BCUT2D eigenvalue weighted by Gasteiger charge is -2.01. The van der Waals surface area contributed by atoms with Gasteiger partial charge in [0.05, 0.1) is 11.5 Å². The zero-order chi connectivity index (χ0) is 12.7. The van der Waals surface area contributed by atoms with Crippen molar-refractivity contribution in [2.45, 2.75) is 6.42 Å². The minimum atomic E-state index is -2.91. The Balaban J connectivity index is 2.23. The van der Waals surface area contributed by atoms with Gasteiger partial charge in [0.1, 0.15) is 15.6 Å². The van der Waals surface area contributed by atoms with E-state index in [1.165, 1.54) is 18.0 Å². The molecule has 0 saturated heterocycles. The van der Waals surface area contributed by atoms with E-state index in [0.717, 1.165) is 5.56 Å². The van der Waals surface area contributed by atoms with Gasteiger partial charge in [-0.2, -0.15) is 11.8 Å². The number of Topliss-reactive ketones (excluding diaryl/α,β-unsaturated/α-hetero) is 1. The van der Waals surface area contributed by atoms with Crippen LogP contribution in [0.2, 0.25) is 0 Å². The molecule has 0 unspecified atom stereocenters. The average Bonchev–Trinajstić information content (AvgIpc) is 2.25. The van der Waals surface area contributed by atoms with Crippen molar-refractivity contribution in [3.8, 4) is 0 Å². The largest absolute Gasteiger partial charge is 0.298 e. The molecule has 0 bridgehead atoms. The summed E-state index contributed by atoms with van der Waals surface area (Å²) in [5.74, 6) is 1.13. The fraction of sp³-hybridized carbons (Fsp3) is 0.417. The Kier molecular flexibility index (Phi) is 5.71. The summed E-state index contributed by atoms with van der Waals surface area (Å²) in [6, 6.07) is 9.55. The summed E-state index contributed by atoms with van der Waals surface area (Å²) in [5.41, 5.74) is 1.00. The van der Waals surface area contributed by atoms with E-state index in [0.29, 0.717) is 17.9 Å². The van der Waals surface area contributed by atoms with E-state index in [2.05, 4.69) is 0 Å². The van der Waals surface area contributed by atoms with Crippen LogP contribution in [0.25, 0.3) is 0 Å². The predicted molar refractivity (Wildman–Crippen MR) is 72.2 cm³/mol. The van der Waals surface area contributed by atoms with Gasteiger partial charge in [-0.15, -0.1) is 0 Å². The van der Waals surface area contributed by atoms with Crippen LogP contribution >= 0.6 is 11.8 Å². The standard InChI is InChI=1S/C12H16O3S2/c1-17(14,15)8-7-16-10-12(13)9-11-5-3-2-4-6-11/h2-6H,7-10H2,1H3. The van der Waals surface area contributed by atoms with Crippen molar-refractivity contribution < 1.29 is 13.2 Å². The van der Waals surface area contributed by atoms with Crippen molar-refractivity contribution in [1.82, 2.24) is 0 Å². The Morgan fingerprint density at radius 1 is 1.24 bits per heavy atom. The van der Waals surface area contributed by atoms with Crippen LogP contribution in [0.15, 0.2) is 30.3 Å². The number of carbonyl (C=O) groups excluding carboxylic acids is 1. The van der Waals surface area contributed by atoms with Gasteiger partial charge in [0.15, 0.2) is 0 Å². The number of hydrogen-bond donors (Lipinski definition) is 0. The molecule has 0 aliphatic rings. The summed E-state index contributed by atoms with van der Waals surface area (Å²) in [5, 5.41) is 0. The molecular weight excluding hydrogens is 256 g/mol. The smallest absolute Gasteiger partial charge is 0.148 e. The van der Waals surface area contributed by atoms with E-state index >= 15 is 0 Å². The summed E-state index contributed by atoms with van der Waals surface area (Å²) in [6.45, 7) is 0. The van der Waals surface area contributed by atoms with Crippen LogP contribution in [0.4, 0.5) is 0 Å². The molecule has 3 nitrogen and oxygen atoms in total. The third kappa shape index (κ3) is 7.18. The Labute approximate surface area is 107 Å². The van der Waals surface area contributed by atoms with Crippen LogP contribution in [0.1, 0.15) is 5.56 Å². The Bertz CT molecular complexity index is 452. The van der Waals surface area contributed by atoms with Crippen molar-refractivity contribution in [1.29, 1.82) is 0 Å². The number of thioether (sulfide) groups is 1. The van der Waals surface area contributed by atoms with Crippen LogP contribution in [0, 0.1) is 0 Å². The van der Waals surface area contributed by atoms with E-state index in [1.807, 2.05) is 30.3 Å². The van der Waals surface area contributed by atoms with Crippen LogP contribution in [0.3, 0.4) is 0 Å². The van der Waals surface area contributed by atoms with Crippen LogP contribution in [-0.4, -0.2) is 37.7 Å². The number of hydrogen-bond acceptors (Lipinski definition) is 4. The molecule has 94 valence electrons. The molecule has 0 saturated carbocycles. The summed E-state index contributed by atoms with van der Waals surface area (Å²) >= 11 is 1.38. The fourth-order valence-electron chi connectivity index (χ4n) is 1.27. The molecule has 1 aromatic carbocycles. The van der Waals surface area contributed by atoms with E-state index in [1.54, 1.807) is 0 Å². The lowest BCUT2D eigenvalue weighted by atomic mass is 10.1. The molecule has 0 heterocycles. The van der Waals surface area contributed by atoms with Crippen molar-refractivity contribution >= 4 is 27.4 Å². The maximum atomic E-state index is 11.6. The second-order valence-corrected chi connectivity index (χ2v) is 7.25. The van der Waals surface area contributed by atoms with Crippen molar-refractivity contribution in [2.75, 3.05) is 23.5 Å². The second kappa shape index (κ2) is 6.81. The van der Waals surface area contributed by atoms with Gasteiger partial charge >= 0.3 is 0 Å². The number of sulfone groups is 1. The zero-order valence-corrected chi connectivity index (χ0v) is 11.4. The summed E-state index contributed by atoms with van der Waals surface area (Å²) in [7, 11) is -2.91. The highest BCUT2D eigenvalue weighted by Crippen LogP contribution is 2.06. The molecule has 0 spiro atoms. The first-order chi connectivity index (χ1) is 7.97. The highest BCUT2D eigenvalue weighted by atomic mass is 32.2. The minimum Gasteiger partial charge on any atom is -0.298 e. The maximum Gasteiger partial charge on any atom is 0.148 e. The summed E-state index contributed by atoms with van der Waals surface area (Å²) < 4.78 is 21.7. The SMILES string of the molecule is CS(=O)(=O)CCSCC(=O)Cc1ccccc1. The van der Waals surface area contributed by atoms with Crippen LogP contribution in [-0.2, 0) is 21.1 Å². The molecule has 1 rings (SSSR count). The molecule has 0 N–H and O–H groups in total. The molecule has 0 amide bonds. The summed E-state index contributed by atoms with van der Waals surface area (Å²) in [6.07, 6.45) is 1.63. The van der Waals surface area contributed by atoms with Gasteiger partial charge in [0.2, 0.25) is 0 Å². The zero-order valence-electron chi connectivity index (χ0n) is 9.76. The topological polar surface area (TPSA) is 51.2 Å². The van der Waals surface area contributed by atoms with Crippen molar-refractivity contribution in [2.24, 2.45) is 0 Å². The lowest BCUT2D eigenvalue weighted by molar-refractivity contribution is -0.116. The Morgan fingerprint density at radius 3 is 2.47 bits per heavy atom. The predicted octanol–water partition coefficient (Wildman–Crippen LogP) is 1.58. The quantitative estimate of drug-likeness (QED) is 0.707. The van der Waals surface area contributed by atoms with Crippen molar-refractivity contribution in [3.63, 3.8) is 0 Å². The minimum absolute atomic E-state index is 0.134. The molecular formula is C12H16O3S2. The molecule has 0 aliphatic carbocycles. The third-order valence-corrected chi connectivity index (χ3v) is 4.33. The number of carbonyl (C=O) groups is 1. The van der Waals surface area contributed by atoms with E-state index in [4.69, 9.17) is 0 Å². The molecule has 17 heavy (non-hydrogen) atoms. The second-order valence-electron chi connectivity index (χ2n) is 3.88. The van der Waals surface area contributed by atoms with Gasteiger partial charge in [-0.1, -0.05) is 30.3 Å². The highest BCUT2D eigenvalue weighted by molar-refractivity contribution is 8.01. The summed E-state index contributed by atoms with van der Waals surface area (Å²) in [4.78, 5) is 11.6. The number of rotatable bonds is 7. The first-order valence-corrected chi connectivity index (χ1v) is 8.50. The molecule has 1 aromatic rings. The normalized spacial score (nSPS) is 11.4. The number of benzene rings is 1. The Morgan fingerprint density at radius 2 is 1.88 bits per heavy atom. The molecule has 0 fully saturated rings. The number of ketones is 1. The molecule has 0 aliphatic heterocycles. The van der Waals surface area contributed by atoms with Crippen LogP contribution in [0.5, 0.6) is 0 Å². The first kappa shape index (κ1) is 14.3. The van der Waals surface area contributed by atoms with Gasteiger partial charge < -0.3 is 0 Å². The molecule has 0 radical (unpaired) electrons. The molecule has 0 atom stereocenters. The Hall–Kier alpha value is -0.810. The van der Waals surface area contributed by atoms with E-state index < -0.39 is 9.84 Å². The average molecular weight is 272 g/mol. The van der Waals surface area contributed by atoms with Gasteiger partial charge in [0, 0.05) is 18.4 Å².